The third kappa shape index (κ3) is 3.45. The second-order valence-corrected chi connectivity index (χ2v) is 4.97. The van der Waals surface area contributed by atoms with Gasteiger partial charge in [-0.2, -0.15) is 8.78 Å². The molecule has 4 nitrogen and oxygen atoms in total. The van der Waals surface area contributed by atoms with E-state index >= 15 is 0 Å². The van der Waals surface area contributed by atoms with Gasteiger partial charge in [0.25, 0.3) is 5.56 Å². The lowest BCUT2D eigenvalue weighted by molar-refractivity contribution is -0.0498. The molecule has 1 heterocycles. The van der Waals surface area contributed by atoms with Crippen LogP contribution >= 0.6 is 0 Å². The molecule has 0 aliphatic heterocycles. The van der Waals surface area contributed by atoms with Crippen LogP contribution in [0, 0.1) is 6.92 Å². The summed E-state index contributed by atoms with van der Waals surface area (Å²) in [5.74, 6) is 0.550. The van der Waals surface area contributed by atoms with Crippen molar-refractivity contribution >= 4 is 0 Å². The molecule has 0 radical (unpaired) electrons. The summed E-state index contributed by atoms with van der Waals surface area (Å²) in [4.78, 5) is 19.2. The largest absolute Gasteiger partial charge is 0.435 e. The van der Waals surface area contributed by atoms with E-state index in [0.717, 1.165) is 0 Å². The first-order valence-corrected chi connectivity index (χ1v) is 6.54. The van der Waals surface area contributed by atoms with Crippen LogP contribution in [0.1, 0.15) is 31.0 Å². The van der Waals surface area contributed by atoms with Crippen LogP contribution in [0.2, 0.25) is 0 Å². The molecule has 0 spiro atoms. The van der Waals surface area contributed by atoms with Gasteiger partial charge in [-0.25, -0.2) is 4.98 Å². The van der Waals surface area contributed by atoms with E-state index in [2.05, 4.69) is 14.7 Å². The number of alkyl halides is 2. The lowest BCUT2D eigenvalue weighted by Gasteiger charge is -2.10. The molecule has 0 amide bonds. The predicted octanol–water partition coefficient (Wildman–Crippen LogP) is 3.47. The second-order valence-electron chi connectivity index (χ2n) is 4.97. The number of benzene rings is 1. The average Bonchev–Trinajstić information content (AvgIpc) is 2.37. The van der Waals surface area contributed by atoms with Crippen molar-refractivity contribution in [3.05, 3.63) is 45.9 Å². The lowest BCUT2D eigenvalue weighted by Crippen LogP contribution is -2.18. The van der Waals surface area contributed by atoms with E-state index in [1.807, 2.05) is 13.8 Å². The fraction of sp³-hybridized carbons (Fsp3) is 0.333. The first kappa shape index (κ1) is 15.2. The molecule has 1 N–H and O–H groups in total. The maximum Gasteiger partial charge on any atom is 0.387 e. The van der Waals surface area contributed by atoms with Crippen LogP contribution in [0.25, 0.3) is 11.4 Å². The Balaban J connectivity index is 2.37. The van der Waals surface area contributed by atoms with Crippen LogP contribution in [-0.2, 0) is 0 Å². The summed E-state index contributed by atoms with van der Waals surface area (Å²) in [6.07, 6.45) is 0. The highest BCUT2D eigenvalue weighted by molar-refractivity contribution is 5.56. The highest BCUT2D eigenvalue weighted by Crippen LogP contribution is 2.21. The number of nitrogens with one attached hydrogen (secondary N) is 1. The van der Waals surface area contributed by atoms with Crippen LogP contribution in [0.4, 0.5) is 8.78 Å². The van der Waals surface area contributed by atoms with Crippen molar-refractivity contribution in [3.8, 4) is 17.1 Å². The molecule has 21 heavy (non-hydrogen) atoms. The Morgan fingerprint density at radius 2 is 1.81 bits per heavy atom. The maximum absolute atomic E-state index is 12.1. The number of aryl methyl sites for hydroxylation is 1. The molecule has 2 aromatic rings. The molecular weight excluding hydrogens is 278 g/mol. The van der Waals surface area contributed by atoms with Gasteiger partial charge in [0.05, 0.1) is 0 Å². The van der Waals surface area contributed by atoms with Crippen molar-refractivity contribution in [3.63, 3.8) is 0 Å². The lowest BCUT2D eigenvalue weighted by atomic mass is 10.0. The molecule has 112 valence electrons. The third-order valence-corrected chi connectivity index (χ3v) is 3.08. The summed E-state index contributed by atoms with van der Waals surface area (Å²) in [5, 5.41) is 0. The summed E-state index contributed by atoms with van der Waals surface area (Å²) in [5.41, 5.74) is 1.76. The monoisotopic (exact) mass is 294 g/mol. The zero-order valence-corrected chi connectivity index (χ0v) is 12.0. The van der Waals surface area contributed by atoms with E-state index in [9.17, 15) is 13.6 Å². The number of aromatic amines is 1. The van der Waals surface area contributed by atoms with Crippen molar-refractivity contribution in [2.45, 2.75) is 33.3 Å². The van der Waals surface area contributed by atoms with Crippen molar-refractivity contribution in [2.75, 3.05) is 0 Å². The first-order chi connectivity index (χ1) is 9.88. The Bertz CT molecular complexity index is 679. The zero-order valence-electron chi connectivity index (χ0n) is 12.0. The van der Waals surface area contributed by atoms with E-state index in [1.54, 1.807) is 19.1 Å². The van der Waals surface area contributed by atoms with Crippen LogP contribution in [0.3, 0.4) is 0 Å². The highest BCUT2D eigenvalue weighted by Gasteiger charge is 2.12. The summed E-state index contributed by atoms with van der Waals surface area (Å²) >= 11 is 0. The van der Waals surface area contributed by atoms with E-state index in [0.29, 0.717) is 22.6 Å². The molecular formula is C15H16F2N2O2. The Kier molecular flexibility index (Phi) is 4.35. The van der Waals surface area contributed by atoms with E-state index in [1.165, 1.54) is 12.1 Å². The van der Waals surface area contributed by atoms with Crippen molar-refractivity contribution in [1.82, 2.24) is 9.97 Å². The number of hydrogen-bond donors (Lipinski definition) is 1. The number of nitrogens with zero attached hydrogens (tertiary/aromatic N) is 1. The molecule has 2 rings (SSSR count). The number of ether oxygens (including phenoxy) is 1. The van der Waals surface area contributed by atoms with Crippen molar-refractivity contribution in [1.29, 1.82) is 0 Å². The van der Waals surface area contributed by atoms with Crippen LogP contribution in [0.15, 0.2) is 29.1 Å². The Hall–Kier alpha value is -2.24. The summed E-state index contributed by atoms with van der Waals surface area (Å²) in [6, 6.07) is 5.97. The van der Waals surface area contributed by atoms with Gasteiger partial charge >= 0.3 is 6.61 Å². The van der Waals surface area contributed by atoms with Crippen LogP contribution in [0.5, 0.6) is 5.75 Å². The first-order valence-electron chi connectivity index (χ1n) is 6.54. The second kappa shape index (κ2) is 6.03. The topological polar surface area (TPSA) is 55.0 Å². The van der Waals surface area contributed by atoms with Gasteiger partial charge in [0.15, 0.2) is 0 Å². The van der Waals surface area contributed by atoms with Gasteiger partial charge < -0.3 is 9.72 Å². The van der Waals surface area contributed by atoms with Gasteiger partial charge in [0.1, 0.15) is 11.6 Å². The summed E-state index contributed by atoms with van der Waals surface area (Å²) in [7, 11) is 0. The molecule has 0 saturated carbocycles. The van der Waals surface area contributed by atoms with Gasteiger partial charge in [0.2, 0.25) is 0 Å². The summed E-state index contributed by atoms with van der Waals surface area (Å²) < 4.78 is 28.5. The van der Waals surface area contributed by atoms with Crippen molar-refractivity contribution in [2.24, 2.45) is 0 Å². The summed E-state index contributed by atoms with van der Waals surface area (Å²) in [6.45, 7) is 2.77. The third-order valence-electron chi connectivity index (χ3n) is 3.08. The molecule has 1 aromatic carbocycles. The minimum atomic E-state index is -2.86. The molecule has 0 fully saturated rings. The van der Waals surface area contributed by atoms with Crippen LogP contribution in [-0.4, -0.2) is 16.6 Å². The van der Waals surface area contributed by atoms with Gasteiger partial charge in [-0.3, -0.25) is 4.79 Å². The maximum atomic E-state index is 12.1. The van der Waals surface area contributed by atoms with Gasteiger partial charge in [-0.05, 0) is 37.1 Å². The minimum Gasteiger partial charge on any atom is -0.435 e. The molecule has 0 bridgehead atoms. The molecule has 0 unspecified atom stereocenters. The molecule has 0 saturated heterocycles. The average molecular weight is 294 g/mol. The normalized spacial score (nSPS) is 11.2. The Labute approximate surface area is 120 Å². The minimum absolute atomic E-state index is 0.0617. The predicted molar refractivity (Wildman–Crippen MR) is 75.8 cm³/mol. The quantitative estimate of drug-likeness (QED) is 0.939. The number of hydrogen-bond acceptors (Lipinski definition) is 3. The number of aromatic nitrogens is 2. The van der Waals surface area contributed by atoms with Gasteiger partial charge in [0, 0.05) is 16.8 Å². The van der Waals surface area contributed by atoms with Gasteiger partial charge in [-0.1, -0.05) is 13.8 Å². The Morgan fingerprint density at radius 3 is 2.29 bits per heavy atom. The van der Waals surface area contributed by atoms with E-state index < -0.39 is 6.61 Å². The molecule has 0 aliphatic rings. The smallest absolute Gasteiger partial charge is 0.387 e. The standard InChI is InChI=1S/C15H16F2N2O2/c1-8(2)12-9(3)18-13(19-14(12)20)10-4-6-11(7-5-10)21-15(16)17/h4-8,15H,1-3H3,(H,18,19,20). The molecule has 0 aliphatic carbocycles. The molecule has 6 heteroatoms. The fourth-order valence-electron chi connectivity index (χ4n) is 2.21. The SMILES string of the molecule is Cc1nc(-c2ccc(OC(F)F)cc2)[nH]c(=O)c1C(C)C. The molecule has 1 aromatic heterocycles. The zero-order chi connectivity index (χ0) is 15.6. The highest BCUT2D eigenvalue weighted by atomic mass is 19.3. The number of H-pyrrole nitrogens is 1. The fourth-order valence-corrected chi connectivity index (χ4v) is 2.21. The molecule has 0 atom stereocenters. The van der Waals surface area contributed by atoms with E-state index in [4.69, 9.17) is 0 Å². The van der Waals surface area contributed by atoms with E-state index in [-0.39, 0.29) is 17.2 Å². The number of rotatable bonds is 4. The van der Waals surface area contributed by atoms with Crippen LogP contribution < -0.4 is 10.3 Å². The van der Waals surface area contributed by atoms with Gasteiger partial charge in [-0.15, -0.1) is 0 Å². The van der Waals surface area contributed by atoms with Crippen molar-refractivity contribution < 1.29 is 13.5 Å². The Morgan fingerprint density at radius 1 is 1.19 bits per heavy atom. The number of halogens is 2.